The number of hydrogen-bond acceptors (Lipinski definition) is 4. The Kier molecular flexibility index (Phi) is 4.03. The van der Waals surface area contributed by atoms with Gasteiger partial charge in [0.2, 0.25) is 0 Å². The van der Waals surface area contributed by atoms with Gasteiger partial charge in [0.15, 0.2) is 0 Å². The molecule has 0 saturated carbocycles. The van der Waals surface area contributed by atoms with Gasteiger partial charge < -0.3 is 9.47 Å². The number of hydrogen-bond donors (Lipinski definition) is 0. The Labute approximate surface area is 103 Å². The van der Waals surface area contributed by atoms with Crippen molar-refractivity contribution in [1.82, 2.24) is 4.90 Å². The molecule has 2 unspecified atom stereocenters. The van der Waals surface area contributed by atoms with E-state index in [1.807, 2.05) is 6.92 Å². The molecule has 1 spiro atoms. The molecular formula is C13H22N2O2. The van der Waals surface area contributed by atoms with E-state index in [1.54, 1.807) is 0 Å². The molecule has 2 fully saturated rings. The smallest absolute Gasteiger partial charge is 0.0949 e. The molecule has 96 valence electrons. The number of nitrogens with zero attached hydrogens (tertiary/aromatic N) is 2. The molecule has 0 bridgehead atoms. The lowest BCUT2D eigenvalue weighted by Gasteiger charge is -2.46. The molecule has 2 rings (SSSR count). The summed E-state index contributed by atoms with van der Waals surface area (Å²) >= 11 is 0. The van der Waals surface area contributed by atoms with Gasteiger partial charge in [-0.05, 0) is 39.7 Å². The van der Waals surface area contributed by atoms with Gasteiger partial charge in [-0.25, -0.2) is 0 Å². The maximum absolute atomic E-state index is 8.99. The van der Waals surface area contributed by atoms with Gasteiger partial charge in [-0.3, -0.25) is 4.90 Å². The first-order chi connectivity index (χ1) is 8.17. The second-order valence-corrected chi connectivity index (χ2v) is 5.26. The summed E-state index contributed by atoms with van der Waals surface area (Å²) in [6, 6.07) is 2.76. The van der Waals surface area contributed by atoms with Crippen molar-refractivity contribution in [2.24, 2.45) is 0 Å². The van der Waals surface area contributed by atoms with Crippen LogP contribution in [0.1, 0.15) is 32.6 Å². The van der Waals surface area contributed by atoms with Crippen LogP contribution >= 0.6 is 0 Å². The molecule has 2 atom stereocenters. The molecule has 17 heavy (non-hydrogen) atoms. The lowest BCUT2D eigenvalue weighted by atomic mass is 9.83. The Hall–Kier alpha value is -0.630. The molecule has 2 aliphatic heterocycles. The molecule has 2 heterocycles. The number of rotatable bonds is 2. The van der Waals surface area contributed by atoms with E-state index in [9.17, 15) is 0 Å². The highest BCUT2D eigenvalue weighted by Crippen LogP contribution is 2.36. The fraction of sp³-hybridized carbons (Fsp3) is 0.923. The van der Waals surface area contributed by atoms with Gasteiger partial charge in [-0.1, -0.05) is 0 Å². The summed E-state index contributed by atoms with van der Waals surface area (Å²) in [5.74, 6) is 0. The summed E-state index contributed by atoms with van der Waals surface area (Å²) in [7, 11) is 2.05. The molecule has 0 amide bonds. The summed E-state index contributed by atoms with van der Waals surface area (Å²) in [6.07, 6.45) is 4.07. The van der Waals surface area contributed by atoms with Crippen LogP contribution in [0.3, 0.4) is 0 Å². The third-order valence-electron chi connectivity index (χ3n) is 4.24. The van der Waals surface area contributed by atoms with Crippen LogP contribution < -0.4 is 0 Å². The lowest BCUT2D eigenvalue weighted by molar-refractivity contribution is -0.150. The zero-order valence-electron chi connectivity index (χ0n) is 10.8. The fourth-order valence-corrected chi connectivity index (χ4v) is 2.85. The normalized spacial score (nSPS) is 30.1. The van der Waals surface area contributed by atoms with E-state index >= 15 is 0 Å². The second kappa shape index (κ2) is 5.34. The molecule has 0 aromatic carbocycles. The maximum Gasteiger partial charge on any atom is 0.0949 e. The quantitative estimate of drug-likeness (QED) is 0.732. The topological polar surface area (TPSA) is 45.5 Å². The van der Waals surface area contributed by atoms with Gasteiger partial charge in [-0.2, -0.15) is 5.26 Å². The Morgan fingerprint density at radius 3 is 2.71 bits per heavy atom. The van der Waals surface area contributed by atoms with Gasteiger partial charge in [0.1, 0.15) is 0 Å². The van der Waals surface area contributed by atoms with Crippen molar-refractivity contribution >= 4 is 0 Å². The molecule has 4 nitrogen and oxygen atoms in total. The first-order valence-electron chi connectivity index (χ1n) is 6.50. The van der Waals surface area contributed by atoms with E-state index in [1.165, 1.54) is 0 Å². The van der Waals surface area contributed by atoms with Crippen molar-refractivity contribution in [2.75, 3.05) is 26.9 Å². The number of nitriles is 1. The van der Waals surface area contributed by atoms with Gasteiger partial charge >= 0.3 is 0 Å². The minimum Gasteiger partial charge on any atom is -0.381 e. The largest absolute Gasteiger partial charge is 0.381 e. The summed E-state index contributed by atoms with van der Waals surface area (Å²) in [6.45, 7) is 4.40. The van der Waals surface area contributed by atoms with Crippen LogP contribution in [0.15, 0.2) is 0 Å². The van der Waals surface area contributed by atoms with Crippen LogP contribution in [0.2, 0.25) is 0 Å². The Bertz CT molecular complexity index is 289. The van der Waals surface area contributed by atoms with Gasteiger partial charge in [-0.15, -0.1) is 0 Å². The minimum absolute atomic E-state index is 0.0185. The summed E-state index contributed by atoms with van der Waals surface area (Å²) < 4.78 is 11.4. The van der Waals surface area contributed by atoms with E-state index < -0.39 is 0 Å². The van der Waals surface area contributed by atoms with Gasteiger partial charge in [0.05, 0.1) is 17.7 Å². The van der Waals surface area contributed by atoms with Crippen LogP contribution in [-0.4, -0.2) is 49.5 Å². The monoisotopic (exact) mass is 238 g/mol. The van der Waals surface area contributed by atoms with E-state index in [0.717, 1.165) is 45.5 Å². The van der Waals surface area contributed by atoms with Crippen LogP contribution in [0.5, 0.6) is 0 Å². The lowest BCUT2D eigenvalue weighted by Crippen LogP contribution is -2.51. The van der Waals surface area contributed by atoms with Crippen LogP contribution in [-0.2, 0) is 9.47 Å². The predicted octanol–water partition coefficient (Wildman–Crippen LogP) is 1.56. The van der Waals surface area contributed by atoms with Crippen LogP contribution in [0, 0.1) is 11.3 Å². The average molecular weight is 238 g/mol. The molecule has 0 aromatic rings. The molecule has 4 heteroatoms. The van der Waals surface area contributed by atoms with E-state index in [4.69, 9.17) is 14.7 Å². The van der Waals surface area contributed by atoms with Crippen molar-refractivity contribution < 1.29 is 9.47 Å². The molecule has 2 saturated heterocycles. The second-order valence-electron chi connectivity index (χ2n) is 5.26. The van der Waals surface area contributed by atoms with Crippen molar-refractivity contribution in [3.05, 3.63) is 0 Å². The van der Waals surface area contributed by atoms with E-state index in [2.05, 4.69) is 18.0 Å². The Morgan fingerprint density at radius 1 is 1.35 bits per heavy atom. The van der Waals surface area contributed by atoms with Crippen molar-refractivity contribution in [3.8, 4) is 6.07 Å². The third-order valence-corrected chi connectivity index (χ3v) is 4.24. The van der Waals surface area contributed by atoms with E-state index in [0.29, 0.717) is 6.04 Å². The highest BCUT2D eigenvalue weighted by Gasteiger charge is 2.40. The third kappa shape index (κ3) is 2.79. The molecule has 0 aromatic heterocycles. The molecule has 0 radical (unpaired) electrons. The molecule has 0 aliphatic carbocycles. The first kappa shape index (κ1) is 12.8. The molecule has 2 aliphatic rings. The molecular weight excluding hydrogens is 216 g/mol. The van der Waals surface area contributed by atoms with Gasteiger partial charge in [0.25, 0.3) is 0 Å². The average Bonchev–Trinajstić information content (AvgIpc) is 2.38. The van der Waals surface area contributed by atoms with Crippen molar-refractivity contribution in [1.29, 1.82) is 5.26 Å². The summed E-state index contributed by atoms with van der Waals surface area (Å²) in [5.41, 5.74) is 0.0185. The first-order valence-corrected chi connectivity index (χ1v) is 6.50. The standard InChI is InChI=1S/C13H22N2O2/c1-11(10-14)15(2)12-3-6-17-13(9-12)4-7-16-8-5-13/h11-12H,3-9H2,1-2H3. The molecule has 0 N–H and O–H groups in total. The highest BCUT2D eigenvalue weighted by molar-refractivity contribution is 4.96. The Balaban J connectivity index is 1.99. The van der Waals surface area contributed by atoms with Crippen molar-refractivity contribution in [2.45, 2.75) is 50.3 Å². The summed E-state index contributed by atoms with van der Waals surface area (Å²) in [5, 5.41) is 8.99. The Morgan fingerprint density at radius 2 is 2.06 bits per heavy atom. The number of ether oxygens (including phenoxy) is 2. The SMILES string of the molecule is CC(C#N)N(C)C1CCOC2(CCOCC2)C1. The summed E-state index contributed by atoms with van der Waals surface area (Å²) in [4.78, 5) is 2.19. The predicted molar refractivity (Wildman–Crippen MR) is 64.6 cm³/mol. The zero-order chi connectivity index (χ0) is 12.3. The maximum atomic E-state index is 8.99. The van der Waals surface area contributed by atoms with E-state index in [-0.39, 0.29) is 11.6 Å². The zero-order valence-corrected chi connectivity index (χ0v) is 10.8. The van der Waals surface area contributed by atoms with Crippen LogP contribution in [0.4, 0.5) is 0 Å². The van der Waals surface area contributed by atoms with Crippen molar-refractivity contribution in [3.63, 3.8) is 0 Å². The highest BCUT2D eigenvalue weighted by atomic mass is 16.5. The van der Waals surface area contributed by atoms with Crippen LogP contribution in [0.25, 0.3) is 0 Å². The minimum atomic E-state index is -0.0185. The fourth-order valence-electron chi connectivity index (χ4n) is 2.85. The van der Waals surface area contributed by atoms with Gasteiger partial charge in [0, 0.05) is 25.9 Å².